The molecule has 2 rings (SSSR count). The van der Waals surface area contributed by atoms with Crippen LogP contribution in [0.5, 0.6) is 0 Å². The predicted molar refractivity (Wildman–Crippen MR) is 74.9 cm³/mol. The summed E-state index contributed by atoms with van der Waals surface area (Å²) in [6, 6.07) is 1.81. The van der Waals surface area contributed by atoms with Gasteiger partial charge in [-0.15, -0.1) is 0 Å². The van der Waals surface area contributed by atoms with Crippen molar-refractivity contribution in [3.05, 3.63) is 17.5 Å². The molecule has 0 radical (unpaired) electrons. The molecule has 1 aromatic rings. The first kappa shape index (κ1) is 14.1. The Hall–Kier alpha value is -1.36. The van der Waals surface area contributed by atoms with Crippen molar-refractivity contribution in [3.8, 4) is 0 Å². The third-order valence-corrected chi connectivity index (χ3v) is 4.21. The minimum absolute atomic E-state index is 0.0542. The minimum atomic E-state index is -0.0542. The lowest BCUT2D eigenvalue weighted by Gasteiger charge is -2.36. The van der Waals surface area contributed by atoms with Crippen LogP contribution >= 0.6 is 0 Å². The number of nitrogens with one attached hydrogen (secondary N) is 1. The van der Waals surface area contributed by atoms with E-state index in [4.69, 9.17) is 5.73 Å². The van der Waals surface area contributed by atoms with Crippen LogP contribution in [-0.2, 0) is 7.05 Å². The van der Waals surface area contributed by atoms with E-state index in [0.717, 1.165) is 18.5 Å². The number of hydrogen-bond acceptors (Lipinski definition) is 3. The second-order valence-electron chi connectivity index (χ2n) is 5.74. The number of nitrogens with two attached hydrogens (primary N) is 1. The van der Waals surface area contributed by atoms with E-state index in [1.54, 1.807) is 11.7 Å². The summed E-state index contributed by atoms with van der Waals surface area (Å²) in [6.07, 6.45) is 5.97. The van der Waals surface area contributed by atoms with Crippen LogP contribution in [-0.4, -0.2) is 28.8 Å². The molecule has 0 bridgehead atoms. The Labute approximate surface area is 114 Å². The molecule has 0 atom stereocenters. The monoisotopic (exact) mass is 264 g/mol. The standard InChI is InChI=1S/C14H24N4O/c1-11-8-12(18(2)17-11)13(19)16-10-14(9-15)6-4-3-5-7-14/h8H,3-7,9-10,15H2,1-2H3,(H,16,19). The fraction of sp³-hybridized carbons (Fsp3) is 0.714. The quantitative estimate of drug-likeness (QED) is 0.862. The molecule has 1 saturated carbocycles. The van der Waals surface area contributed by atoms with E-state index >= 15 is 0 Å². The molecule has 19 heavy (non-hydrogen) atoms. The number of hydrogen-bond donors (Lipinski definition) is 2. The van der Waals surface area contributed by atoms with Crippen molar-refractivity contribution in [1.29, 1.82) is 0 Å². The maximum atomic E-state index is 12.2. The van der Waals surface area contributed by atoms with Crippen LogP contribution in [0.15, 0.2) is 6.07 Å². The van der Waals surface area contributed by atoms with E-state index in [1.165, 1.54) is 19.3 Å². The molecular weight excluding hydrogens is 240 g/mol. The molecular formula is C14H24N4O. The second-order valence-corrected chi connectivity index (χ2v) is 5.74. The molecule has 5 nitrogen and oxygen atoms in total. The van der Waals surface area contributed by atoms with Crippen LogP contribution < -0.4 is 11.1 Å². The predicted octanol–water partition coefficient (Wildman–Crippen LogP) is 1.37. The van der Waals surface area contributed by atoms with E-state index in [1.807, 2.05) is 13.0 Å². The third kappa shape index (κ3) is 3.15. The Balaban J connectivity index is 1.97. The summed E-state index contributed by atoms with van der Waals surface area (Å²) in [5.41, 5.74) is 7.50. The molecule has 1 amide bonds. The summed E-state index contributed by atoms with van der Waals surface area (Å²) in [5.74, 6) is -0.0542. The van der Waals surface area contributed by atoms with Crippen LogP contribution in [0, 0.1) is 12.3 Å². The third-order valence-electron chi connectivity index (χ3n) is 4.21. The normalized spacial score (nSPS) is 18.3. The lowest BCUT2D eigenvalue weighted by Crippen LogP contribution is -2.44. The lowest BCUT2D eigenvalue weighted by molar-refractivity contribution is 0.0904. The van der Waals surface area contributed by atoms with E-state index in [2.05, 4.69) is 10.4 Å². The molecule has 3 N–H and O–H groups in total. The number of rotatable bonds is 4. The van der Waals surface area contributed by atoms with Crippen LogP contribution in [0.2, 0.25) is 0 Å². The van der Waals surface area contributed by atoms with Gasteiger partial charge < -0.3 is 11.1 Å². The average molecular weight is 264 g/mol. The SMILES string of the molecule is Cc1cc(C(=O)NCC2(CN)CCCCC2)n(C)n1. The van der Waals surface area contributed by atoms with Crippen molar-refractivity contribution in [2.45, 2.75) is 39.0 Å². The molecule has 0 aliphatic heterocycles. The fourth-order valence-corrected chi connectivity index (χ4v) is 2.94. The maximum absolute atomic E-state index is 12.2. The number of aromatic nitrogens is 2. The minimum Gasteiger partial charge on any atom is -0.350 e. The van der Waals surface area contributed by atoms with Gasteiger partial charge in [0.05, 0.1) is 5.69 Å². The van der Waals surface area contributed by atoms with Crippen molar-refractivity contribution in [1.82, 2.24) is 15.1 Å². The summed E-state index contributed by atoms with van der Waals surface area (Å²) in [6.45, 7) is 3.21. The molecule has 1 heterocycles. The van der Waals surface area contributed by atoms with Gasteiger partial charge in [0.1, 0.15) is 5.69 Å². The molecule has 1 aromatic heterocycles. The average Bonchev–Trinajstić information content (AvgIpc) is 2.76. The molecule has 0 saturated heterocycles. The fourth-order valence-electron chi connectivity index (χ4n) is 2.94. The molecule has 0 spiro atoms. The van der Waals surface area contributed by atoms with Crippen molar-refractivity contribution >= 4 is 5.91 Å². The first-order valence-corrected chi connectivity index (χ1v) is 7.05. The maximum Gasteiger partial charge on any atom is 0.269 e. The topological polar surface area (TPSA) is 72.9 Å². The Morgan fingerprint density at radius 1 is 1.47 bits per heavy atom. The summed E-state index contributed by atoms with van der Waals surface area (Å²) < 4.78 is 1.63. The van der Waals surface area contributed by atoms with Gasteiger partial charge in [-0.05, 0) is 37.8 Å². The molecule has 1 aliphatic rings. The molecule has 0 aromatic carbocycles. The van der Waals surface area contributed by atoms with Gasteiger partial charge >= 0.3 is 0 Å². The number of carbonyl (C=O) groups is 1. The summed E-state index contributed by atoms with van der Waals surface area (Å²) in [5, 5.41) is 7.23. The van der Waals surface area contributed by atoms with E-state index < -0.39 is 0 Å². The van der Waals surface area contributed by atoms with Gasteiger partial charge in [0.25, 0.3) is 5.91 Å². The van der Waals surface area contributed by atoms with Crippen LogP contribution in [0.1, 0.15) is 48.3 Å². The Kier molecular flexibility index (Phi) is 4.24. The van der Waals surface area contributed by atoms with Crippen molar-refractivity contribution < 1.29 is 4.79 Å². The molecule has 106 valence electrons. The zero-order chi connectivity index (χ0) is 13.9. The molecule has 0 unspecified atom stereocenters. The first-order valence-electron chi connectivity index (χ1n) is 7.05. The zero-order valence-electron chi connectivity index (χ0n) is 11.9. The highest BCUT2D eigenvalue weighted by Gasteiger charge is 2.31. The lowest BCUT2D eigenvalue weighted by atomic mass is 9.74. The Morgan fingerprint density at radius 3 is 2.68 bits per heavy atom. The first-order chi connectivity index (χ1) is 9.06. The van der Waals surface area contributed by atoms with Crippen LogP contribution in [0.3, 0.4) is 0 Å². The van der Waals surface area contributed by atoms with Crippen molar-refractivity contribution in [2.75, 3.05) is 13.1 Å². The van der Waals surface area contributed by atoms with E-state index in [0.29, 0.717) is 18.8 Å². The number of nitrogens with zero attached hydrogens (tertiary/aromatic N) is 2. The van der Waals surface area contributed by atoms with Crippen LogP contribution in [0.4, 0.5) is 0 Å². The largest absolute Gasteiger partial charge is 0.350 e. The van der Waals surface area contributed by atoms with E-state index in [-0.39, 0.29) is 11.3 Å². The van der Waals surface area contributed by atoms with Gasteiger partial charge in [-0.2, -0.15) is 5.10 Å². The highest BCUT2D eigenvalue weighted by Crippen LogP contribution is 2.34. The van der Waals surface area contributed by atoms with E-state index in [9.17, 15) is 4.79 Å². The van der Waals surface area contributed by atoms with Crippen LogP contribution in [0.25, 0.3) is 0 Å². The molecule has 1 fully saturated rings. The summed E-state index contributed by atoms with van der Waals surface area (Å²) >= 11 is 0. The molecule has 1 aliphatic carbocycles. The highest BCUT2D eigenvalue weighted by atomic mass is 16.2. The number of carbonyl (C=O) groups excluding carboxylic acids is 1. The van der Waals surface area contributed by atoms with Gasteiger partial charge in [-0.1, -0.05) is 19.3 Å². The smallest absolute Gasteiger partial charge is 0.269 e. The summed E-state index contributed by atoms with van der Waals surface area (Å²) in [4.78, 5) is 12.2. The Bertz CT molecular complexity index is 446. The van der Waals surface area contributed by atoms with Gasteiger partial charge in [-0.3, -0.25) is 9.48 Å². The van der Waals surface area contributed by atoms with Crippen molar-refractivity contribution in [3.63, 3.8) is 0 Å². The number of aryl methyl sites for hydroxylation is 2. The zero-order valence-corrected chi connectivity index (χ0v) is 11.9. The summed E-state index contributed by atoms with van der Waals surface area (Å²) in [7, 11) is 1.79. The van der Waals surface area contributed by atoms with Gasteiger partial charge in [0.2, 0.25) is 0 Å². The van der Waals surface area contributed by atoms with Gasteiger partial charge in [0.15, 0.2) is 0 Å². The highest BCUT2D eigenvalue weighted by molar-refractivity contribution is 5.92. The number of amides is 1. The second kappa shape index (κ2) is 5.74. The van der Waals surface area contributed by atoms with Crippen molar-refractivity contribution in [2.24, 2.45) is 18.2 Å². The Morgan fingerprint density at radius 2 is 2.16 bits per heavy atom. The van der Waals surface area contributed by atoms with Gasteiger partial charge in [-0.25, -0.2) is 0 Å². The molecule has 5 heteroatoms. The van der Waals surface area contributed by atoms with Gasteiger partial charge in [0, 0.05) is 13.6 Å².